The van der Waals surface area contributed by atoms with E-state index in [9.17, 15) is 9.59 Å². The lowest BCUT2D eigenvalue weighted by atomic mass is 10.1. The van der Waals surface area contributed by atoms with Crippen LogP contribution in [0.15, 0.2) is 0 Å². The molecule has 0 atom stereocenters. The van der Waals surface area contributed by atoms with Crippen molar-refractivity contribution in [3.8, 4) is 6.07 Å². The van der Waals surface area contributed by atoms with E-state index in [1.54, 1.807) is 13.8 Å². The number of amides is 3. The molecule has 1 aliphatic rings. The van der Waals surface area contributed by atoms with Gasteiger partial charge in [-0.2, -0.15) is 5.26 Å². The van der Waals surface area contributed by atoms with Crippen LogP contribution in [0.3, 0.4) is 0 Å². The van der Waals surface area contributed by atoms with Gasteiger partial charge in [0, 0.05) is 6.54 Å². The van der Waals surface area contributed by atoms with Crippen molar-refractivity contribution in [1.29, 1.82) is 5.26 Å². The summed E-state index contributed by atoms with van der Waals surface area (Å²) in [5.41, 5.74) is -0.827. The van der Waals surface area contributed by atoms with Crippen LogP contribution < -0.4 is 5.32 Å². The van der Waals surface area contributed by atoms with Crippen molar-refractivity contribution >= 4 is 11.9 Å². The van der Waals surface area contributed by atoms with E-state index >= 15 is 0 Å². The number of imide groups is 1. The Hall–Kier alpha value is -1.57. The van der Waals surface area contributed by atoms with E-state index in [0.717, 1.165) is 4.90 Å². The molecule has 0 aromatic heterocycles. The first-order valence-corrected chi connectivity index (χ1v) is 4.00. The summed E-state index contributed by atoms with van der Waals surface area (Å²) < 4.78 is 0. The van der Waals surface area contributed by atoms with E-state index in [2.05, 4.69) is 5.32 Å². The first-order chi connectivity index (χ1) is 5.99. The summed E-state index contributed by atoms with van der Waals surface area (Å²) in [6, 6.07) is 1.48. The summed E-state index contributed by atoms with van der Waals surface area (Å²) in [7, 11) is 0. The molecule has 0 unspecified atom stereocenters. The number of urea groups is 1. The van der Waals surface area contributed by atoms with Gasteiger partial charge in [-0.15, -0.1) is 0 Å². The van der Waals surface area contributed by atoms with Crippen LogP contribution in [0.1, 0.15) is 20.3 Å². The predicted octanol–water partition coefficient (Wildman–Crippen LogP) is 0.230. The van der Waals surface area contributed by atoms with Crippen molar-refractivity contribution in [1.82, 2.24) is 10.2 Å². The van der Waals surface area contributed by atoms with E-state index < -0.39 is 11.6 Å². The maximum absolute atomic E-state index is 11.5. The SMILES string of the molecule is CC1(C)NC(=O)N(CCC#N)C1=O. The Morgan fingerprint density at radius 1 is 1.54 bits per heavy atom. The van der Waals surface area contributed by atoms with Gasteiger partial charge in [-0.3, -0.25) is 9.69 Å². The topological polar surface area (TPSA) is 73.2 Å². The van der Waals surface area contributed by atoms with Crippen LogP contribution >= 0.6 is 0 Å². The standard InChI is InChI=1S/C8H11N3O2/c1-8(2)6(12)11(5-3-4-9)7(13)10-8/h3,5H2,1-2H3,(H,10,13). The van der Waals surface area contributed by atoms with Crippen molar-refractivity contribution in [2.45, 2.75) is 25.8 Å². The summed E-state index contributed by atoms with van der Waals surface area (Å²) in [4.78, 5) is 23.7. The summed E-state index contributed by atoms with van der Waals surface area (Å²) in [6.45, 7) is 3.45. The number of carbonyl (C=O) groups is 2. The van der Waals surface area contributed by atoms with Crippen molar-refractivity contribution in [3.05, 3.63) is 0 Å². The summed E-state index contributed by atoms with van der Waals surface area (Å²) in [5, 5.41) is 10.8. The highest BCUT2D eigenvalue weighted by molar-refractivity contribution is 6.06. The molecule has 0 aromatic carbocycles. The molecule has 1 saturated heterocycles. The number of carbonyl (C=O) groups excluding carboxylic acids is 2. The molecule has 5 nitrogen and oxygen atoms in total. The molecule has 1 N–H and O–H groups in total. The van der Waals surface area contributed by atoms with Gasteiger partial charge in [0.05, 0.1) is 12.5 Å². The monoisotopic (exact) mass is 181 g/mol. The smallest absolute Gasteiger partial charge is 0.324 e. The molecule has 5 heteroatoms. The van der Waals surface area contributed by atoms with Crippen LogP contribution in [-0.2, 0) is 4.79 Å². The maximum atomic E-state index is 11.5. The fraction of sp³-hybridized carbons (Fsp3) is 0.625. The molecule has 0 bridgehead atoms. The molecule has 1 fully saturated rings. The van der Waals surface area contributed by atoms with E-state index in [-0.39, 0.29) is 18.9 Å². The third-order valence-electron chi connectivity index (χ3n) is 1.89. The number of nitrogens with one attached hydrogen (secondary N) is 1. The van der Waals surface area contributed by atoms with Gasteiger partial charge in [-0.05, 0) is 13.8 Å². The molecule has 0 saturated carbocycles. The highest BCUT2D eigenvalue weighted by Gasteiger charge is 2.43. The van der Waals surface area contributed by atoms with Gasteiger partial charge >= 0.3 is 6.03 Å². The Kier molecular flexibility index (Phi) is 2.24. The quantitative estimate of drug-likeness (QED) is 0.620. The third kappa shape index (κ3) is 1.61. The van der Waals surface area contributed by atoms with Gasteiger partial charge in [-0.1, -0.05) is 0 Å². The number of nitriles is 1. The van der Waals surface area contributed by atoms with Crippen LogP contribution in [0.5, 0.6) is 0 Å². The largest absolute Gasteiger partial charge is 0.325 e. The maximum Gasteiger partial charge on any atom is 0.325 e. The number of nitrogens with zero attached hydrogens (tertiary/aromatic N) is 2. The minimum absolute atomic E-state index is 0.171. The molecule has 1 aliphatic heterocycles. The van der Waals surface area contributed by atoms with Crippen molar-refractivity contribution in [2.75, 3.05) is 6.54 Å². The van der Waals surface area contributed by atoms with E-state index in [0.29, 0.717) is 0 Å². The Morgan fingerprint density at radius 3 is 2.54 bits per heavy atom. The summed E-state index contributed by atoms with van der Waals surface area (Å²) in [5.74, 6) is -0.271. The van der Waals surface area contributed by atoms with E-state index in [1.807, 2.05) is 6.07 Å². The first kappa shape index (κ1) is 9.52. The first-order valence-electron chi connectivity index (χ1n) is 4.00. The summed E-state index contributed by atoms with van der Waals surface area (Å²) >= 11 is 0. The molecule has 0 spiro atoms. The van der Waals surface area contributed by atoms with Gasteiger partial charge in [0.1, 0.15) is 5.54 Å². The van der Waals surface area contributed by atoms with Crippen molar-refractivity contribution < 1.29 is 9.59 Å². The Balaban J connectivity index is 2.72. The molecule has 13 heavy (non-hydrogen) atoms. The van der Waals surface area contributed by atoms with E-state index in [4.69, 9.17) is 5.26 Å². The number of hydrogen-bond donors (Lipinski definition) is 1. The van der Waals surface area contributed by atoms with E-state index in [1.165, 1.54) is 0 Å². The van der Waals surface area contributed by atoms with Crippen molar-refractivity contribution in [3.63, 3.8) is 0 Å². The highest BCUT2D eigenvalue weighted by Crippen LogP contribution is 2.16. The molecular formula is C8H11N3O2. The minimum atomic E-state index is -0.827. The normalized spacial score (nSPS) is 19.9. The molecule has 1 heterocycles. The number of hydrogen-bond acceptors (Lipinski definition) is 3. The van der Waals surface area contributed by atoms with Crippen LogP contribution in [0.2, 0.25) is 0 Å². The Labute approximate surface area is 76.3 Å². The molecule has 0 aromatic rings. The second-order valence-corrected chi connectivity index (χ2v) is 3.42. The van der Waals surface area contributed by atoms with Gasteiger partial charge < -0.3 is 5.32 Å². The average Bonchev–Trinajstić information content (AvgIpc) is 2.21. The Morgan fingerprint density at radius 2 is 2.15 bits per heavy atom. The zero-order valence-electron chi connectivity index (χ0n) is 7.63. The molecule has 70 valence electrons. The number of rotatable bonds is 2. The van der Waals surface area contributed by atoms with Crippen molar-refractivity contribution in [2.24, 2.45) is 0 Å². The fourth-order valence-corrected chi connectivity index (χ4v) is 1.18. The molecular weight excluding hydrogens is 170 g/mol. The van der Waals surface area contributed by atoms with Crippen LogP contribution in [0.4, 0.5) is 4.79 Å². The molecule has 3 amide bonds. The third-order valence-corrected chi connectivity index (χ3v) is 1.89. The van der Waals surface area contributed by atoms with Crippen LogP contribution in [0.25, 0.3) is 0 Å². The van der Waals surface area contributed by atoms with Crippen LogP contribution in [-0.4, -0.2) is 28.9 Å². The van der Waals surface area contributed by atoms with Crippen LogP contribution in [0, 0.1) is 11.3 Å². The second kappa shape index (κ2) is 3.05. The molecule has 0 aliphatic carbocycles. The zero-order chi connectivity index (χ0) is 10.1. The Bertz CT molecular complexity index is 290. The van der Waals surface area contributed by atoms with Gasteiger partial charge in [0.2, 0.25) is 0 Å². The summed E-state index contributed by atoms with van der Waals surface area (Å²) in [6.07, 6.45) is 0.176. The predicted molar refractivity (Wildman–Crippen MR) is 44.6 cm³/mol. The minimum Gasteiger partial charge on any atom is -0.324 e. The van der Waals surface area contributed by atoms with Gasteiger partial charge in [0.15, 0.2) is 0 Å². The highest BCUT2D eigenvalue weighted by atomic mass is 16.2. The molecule has 0 radical (unpaired) electrons. The van der Waals surface area contributed by atoms with Gasteiger partial charge in [0.25, 0.3) is 5.91 Å². The lowest BCUT2D eigenvalue weighted by Gasteiger charge is -2.14. The zero-order valence-corrected chi connectivity index (χ0v) is 7.63. The average molecular weight is 181 g/mol. The fourth-order valence-electron chi connectivity index (χ4n) is 1.18. The lowest BCUT2D eigenvalue weighted by Crippen LogP contribution is -2.40. The van der Waals surface area contributed by atoms with Gasteiger partial charge in [-0.25, -0.2) is 4.79 Å². The second-order valence-electron chi connectivity index (χ2n) is 3.42. The lowest BCUT2D eigenvalue weighted by molar-refractivity contribution is -0.130. The molecule has 1 rings (SSSR count).